The molecule has 0 atom stereocenters. The number of methoxy groups -OCH3 is 1. The average molecular weight is 359 g/mol. The van der Waals surface area contributed by atoms with Crippen LogP contribution in [0.4, 0.5) is 0 Å². The van der Waals surface area contributed by atoms with Gasteiger partial charge >= 0.3 is 11.9 Å². The van der Waals surface area contributed by atoms with Crippen molar-refractivity contribution in [3.05, 3.63) is 34.3 Å². The van der Waals surface area contributed by atoms with E-state index in [0.717, 1.165) is 4.47 Å². The number of carbonyl (C=O) groups excluding carboxylic acids is 2. The van der Waals surface area contributed by atoms with Gasteiger partial charge in [0.1, 0.15) is 0 Å². The molecule has 0 fully saturated rings. The van der Waals surface area contributed by atoms with Crippen molar-refractivity contribution in [1.29, 1.82) is 0 Å². The van der Waals surface area contributed by atoms with Crippen molar-refractivity contribution in [3.8, 4) is 0 Å². The van der Waals surface area contributed by atoms with Crippen molar-refractivity contribution in [1.82, 2.24) is 0 Å². The molecule has 5 nitrogen and oxygen atoms in total. The third-order valence-corrected chi connectivity index (χ3v) is 3.42. The van der Waals surface area contributed by atoms with Crippen LogP contribution in [0.15, 0.2) is 28.7 Å². The Morgan fingerprint density at radius 1 is 1.14 bits per heavy atom. The average Bonchev–Trinajstić information content (AvgIpc) is 2.45. The minimum Gasteiger partial charge on any atom is -0.465 e. The second-order valence-electron chi connectivity index (χ2n) is 4.29. The molecule has 0 aliphatic rings. The van der Waals surface area contributed by atoms with Gasteiger partial charge in [-0.25, -0.2) is 0 Å². The van der Waals surface area contributed by atoms with Gasteiger partial charge in [-0.05, 0) is 31.5 Å². The maximum Gasteiger partial charge on any atom is 0.330 e. The van der Waals surface area contributed by atoms with Crippen LogP contribution in [-0.4, -0.2) is 38.9 Å². The van der Waals surface area contributed by atoms with Gasteiger partial charge in [0, 0.05) is 11.6 Å². The van der Waals surface area contributed by atoms with Crippen LogP contribution in [-0.2, 0) is 29.2 Å². The highest BCUT2D eigenvalue weighted by Gasteiger charge is 2.51. The standard InChI is InChI=1S/C15H19BrO5/c1-4-20-13(17)15(10-19-3,14(18)21-5-2)11-7-6-8-12(16)9-11/h6-9H,4-5,10H2,1-3H3. The van der Waals surface area contributed by atoms with Crippen LogP contribution in [0.2, 0.25) is 0 Å². The van der Waals surface area contributed by atoms with E-state index in [1.165, 1.54) is 7.11 Å². The highest BCUT2D eigenvalue weighted by atomic mass is 79.9. The van der Waals surface area contributed by atoms with Crippen molar-refractivity contribution < 1.29 is 23.8 Å². The molecule has 0 saturated carbocycles. The SMILES string of the molecule is CCOC(=O)C(COC)(C(=O)OCC)c1cccc(Br)c1. The van der Waals surface area contributed by atoms with E-state index < -0.39 is 17.4 Å². The fraction of sp³-hybridized carbons (Fsp3) is 0.467. The summed E-state index contributed by atoms with van der Waals surface area (Å²) in [5, 5.41) is 0. The quantitative estimate of drug-likeness (QED) is 0.553. The Hall–Kier alpha value is -1.40. The van der Waals surface area contributed by atoms with E-state index in [4.69, 9.17) is 14.2 Å². The van der Waals surface area contributed by atoms with Crippen molar-refractivity contribution in [2.45, 2.75) is 19.3 Å². The topological polar surface area (TPSA) is 61.8 Å². The maximum atomic E-state index is 12.5. The van der Waals surface area contributed by atoms with E-state index in [2.05, 4.69) is 15.9 Å². The van der Waals surface area contributed by atoms with Crippen molar-refractivity contribution in [2.24, 2.45) is 0 Å². The lowest BCUT2D eigenvalue weighted by Crippen LogP contribution is -2.49. The second-order valence-corrected chi connectivity index (χ2v) is 5.21. The van der Waals surface area contributed by atoms with Gasteiger partial charge in [0.15, 0.2) is 0 Å². The fourth-order valence-corrected chi connectivity index (χ4v) is 2.40. The van der Waals surface area contributed by atoms with Crippen LogP contribution in [0.1, 0.15) is 19.4 Å². The summed E-state index contributed by atoms with van der Waals surface area (Å²) in [7, 11) is 1.42. The molecule has 21 heavy (non-hydrogen) atoms. The third kappa shape index (κ3) is 3.83. The van der Waals surface area contributed by atoms with Crippen LogP contribution in [0.25, 0.3) is 0 Å². The highest BCUT2D eigenvalue weighted by Crippen LogP contribution is 2.30. The van der Waals surface area contributed by atoms with E-state index in [1.54, 1.807) is 38.1 Å². The van der Waals surface area contributed by atoms with Gasteiger partial charge in [-0.15, -0.1) is 0 Å². The normalized spacial score (nSPS) is 11.0. The minimum atomic E-state index is -1.62. The van der Waals surface area contributed by atoms with Crippen molar-refractivity contribution in [3.63, 3.8) is 0 Å². The summed E-state index contributed by atoms with van der Waals surface area (Å²) in [6, 6.07) is 6.91. The zero-order valence-corrected chi connectivity index (χ0v) is 13.9. The molecule has 0 aromatic heterocycles. The minimum absolute atomic E-state index is 0.152. The first-order chi connectivity index (χ1) is 10.0. The summed E-state index contributed by atoms with van der Waals surface area (Å²) in [6.07, 6.45) is 0. The van der Waals surface area contributed by atoms with Gasteiger partial charge in [0.2, 0.25) is 5.41 Å². The van der Waals surface area contributed by atoms with Crippen LogP contribution in [0.3, 0.4) is 0 Å². The molecule has 1 aromatic carbocycles. The molecular formula is C15H19BrO5. The lowest BCUT2D eigenvalue weighted by molar-refractivity contribution is -0.167. The monoisotopic (exact) mass is 358 g/mol. The van der Waals surface area contributed by atoms with E-state index in [0.29, 0.717) is 5.56 Å². The number of halogens is 1. The third-order valence-electron chi connectivity index (χ3n) is 2.93. The molecule has 1 aromatic rings. The first-order valence-electron chi connectivity index (χ1n) is 6.62. The largest absolute Gasteiger partial charge is 0.465 e. The van der Waals surface area contributed by atoms with Crippen molar-refractivity contribution >= 4 is 27.9 Å². The molecule has 6 heteroatoms. The molecule has 116 valence electrons. The van der Waals surface area contributed by atoms with Gasteiger partial charge in [0.25, 0.3) is 0 Å². The number of hydrogen-bond acceptors (Lipinski definition) is 5. The first-order valence-corrected chi connectivity index (χ1v) is 7.41. The number of carbonyl (C=O) groups is 2. The van der Waals surface area contributed by atoms with Crippen LogP contribution in [0, 0.1) is 0 Å². The summed E-state index contributed by atoms with van der Waals surface area (Å²) in [4.78, 5) is 24.9. The molecule has 0 aliphatic carbocycles. The Bertz CT molecular complexity index is 483. The zero-order valence-electron chi connectivity index (χ0n) is 12.3. The van der Waals surface area contributed by atoms with Gasteiger partial charge in [-0.2, -0.15) is 0 Å². The molecule has 0 radical (unpaired) electrons. The van der Waals surface area contributed by atoms with Crippen LogP contribution in [0.5, 0.6) is 0 Å². The maximum absolute atomic E-state index is 12.5. The van der Waals surface area contributed by atoms with E-state index >= 15 is 0 Å². The van der Waals surface area contributed by atoms with E-state index in [9.17, 15) is 9.59 Å². The molecule has 0 unspecified atom stereocenters. The first kappa shape index (κ1) is 17.7. The summed E-state index contributed by atoms with van der Waals surface area (Å²) >= 11 is 3.34. The Kier molecular flexibility index (Phi) is 6.84. The number of esters is 2. The predicted molar refractivity (Wildman–Crippen MR) is 81.0 cm³/mol. The van der Waals surface area contributed by atoms with Gasteiger partial charge in [0.05, 0.1) is 19.8 Å². The lowest BCUT2D eigenvalue weighted by atomic mass is 9.81. The molecule has 0 N–H and O–H groups in total. The molecule has 0 saturated heterocycles. The summed E-state index contributed by atoms with van der Waals surface area (Å²) in [5.74, 6) is -1.35. The van der Waals surface area contributed by atoms with Gasteiger partial charge in [-0.3, -0.25) is 9.59 Å². The molecule has 0 aliphatic heterocycles. The Labute approximate surface area is 132 Å². The van der Waals surface area contributed by atoms with Crippen LogP contribution >= 0.6 is 15.9 Å². The molecule has 0 spiro atoms. The summed E-state index contributed by atoms with van der Waals surface area (Å²) in [5.41, 5.74) is -1.15. The smallest absolute Gasteiger partial charge is 0.330 e. The van der Waals surface area contributed by atoms with E-state index in [1.807, 2.05) is 0 Å². The molecule has 0 amide bonds. The fourth-order valence-electron chi connectivity index (χ4n) is 2.00. The summed E-state index contributed by atoms with van der Waals surface area (Å²) in [6.45, 7) is 3.54. The number of ether oxygens (including phenoxy) is 3. The predicted octanol–water partition coefficient (Wildman–Crippen LogP) is 2.46. The van der Waals surface area contributed by atoms with Crippen molar-refractivity contribution in [2.75, 3.05) is 26.9 Å². The lowest BCUT2D eigenvalue weighted by Gasteiger charge is -2.29. The Morgan fingerprint density at radius 3 is 2.14 bits per heavy atom. The number of rotatable bonds is 7. The molecule has 0 heterocycles. The molecule has 1 rings (SSSR count). The molecular weight excluding hydrogens is 340 g/mol. The number of benzene rings is 1. The van der Waals surface area contributed by atoms with Gasteiger partial charge < -0.3 is 14.2 Å². The number of hydrogen-bond donors (Lipinski definition) is 0. The molecule has 0 bridgehead atoms. The summed E-state index contributed by atoms with van der Waals surface area (Å²) < 4.78 is 16.0. The highest BCUT2D eigenvalue weighted by molar-refractivity contribution is 9.10. The Morgan fingerprint density at radius 2 is 1.71 bits per heavy atom. The Balaban J connectivity index is 3.42. The van der Waals surface area contributed by atoms with Crippen LogP contribution < -0.4 is 0 Å². The van der Waals surface area contributed by atoms with E-state index in [-0.39, 0.29) is 19.8 Å². The zero-order chi connectivity index (χ0) is 15.9. The van der Waals surface area contributed by atoms with Gasteiger partial charge in [-0.1, -0.05) is 28.1 Å². The second kappa shape index (κ2) is 8.14.